The molecule has 0 unspecified atom stereocenters. The van der Waals surface area contributed by atoms with Gasteiger partial charge < -0.3 is 9.84 Å². The van der Waals surface area contributed by atoms with E-state index >= 15 is 0 Å². The van der Waals surface area contributed by atoms with Crippen molar-refractivity contribution in [3.05, 3.63) is 33.8 Å². The van der Waals surface area contributed by atoms with Crippen LogP contribution in [0, 0.1) is 0 Å². The van der Waals surface area contributed by atoms with Gasteiger partial charge >= 0.3 is 5.97 Å². The lowest BCUT2D eigenvalue weighted by Crippen LogP contribution is -2.10. The molecule has 1 N–H and O–H groups in total. The molecule has 6 nitrogen and oxygen atoms in total. The Kier molecular flexibility index (Phi) is 4.06. The average molecular weight is 267 g/mol. The van der Waals surface area contributed by atoms with E-state index in [1.807, 2.05) is 17.5 Å². The Hall–Kier alpha value is -1.73. The van der Waals surface area contributed by atoms with E-state index < -0.39 is 5.97 Å². The van der Waals surface area contributed by atoms with Gasteiger partial charge in [0.15, 0.2) is 5.69 Å². The lowest BCUT2D eigenvalue weighted by atomic mass is 10.3. The first kappa shape index (κ1) is 12.7. The van der Waals surface area contributed by atoms with E-state index in [1.165, 1.54) is 12.0 Å². The zero-order chi connectivity index (χ0) is 13.0. The maximum Gasteiger partial charge on any atom is 0.358 e. The SMILES string of the molecule is COCc1c(C(=O)O)nnn1CCc1cccs1. The molecule has 18 heavy (non-hydrogen) atoms. The summed E-state index contributed by atoms with van der Waals surface area (Å²) in [6.45, 7) is 0.790. The molecule has 0 spiro atoms. The molecule has 0 aromatic carbocycles. The summed E-state index contributed by atoms with van der Waals surface area (Å²) in [6.07, 6.45) is 0.802. The molecule has 2 aromatic rings. The van der Waals surface area contributed by atoms with E-state index in [2.05, 4.69) is 10.3 Å². The number of methoxy groups -OCH3 is 1. The van der Waals surface area contributed by atoms with E-state index in [0.717, 1.165) is 6.42 Å². The maximum absolute atomic E-state index is 11.0. The number of carboxylic acid groups (broad SMARTS) is 1. The van der Waals surface area contributed by atoms with Crippen molar-refractivity contribution in [3.8, 4) is 0 Å². The summed E-state index contributed by atoms with van der Waals surface area (Å²) >= 11 is 1.67. The summed E-state index contributed by atoms with van der Waals surface area (Å²) in [5, 5.41) is 18.5. The molecule has 2 rings (SSSR count). The van der Waals surface area contributed by atoms with Crippen molar-refractivity contribution in [2.24, 2.45) is 0 Å². The Morgan fingerprint density at radius 3 is 3.06 bits per heavy atom. The highest BCUT2D eigenvalue weighted by Crippen LogP contribution is 2.12. The summed E-state index contributed by atoms with van der Waals surface area (Å²) < 4.78 is 6.58. The van der Waals surface area contributed by atoms with Gasteiger partial charge in [0, 0.05) is 25.0 Å². The van der Waals surface area contributed by atoms with Crippen LogP contribution in [0.25, 0.3) is 0 Å². The smallest absolute Gasteiger partial charge is 0.358 e. The number of ether oxygens (including phenoxy) is 1. The van der Waals surface area contributed by atoms with Crippen LogP contribution in [0.4, 0.5) is 0 Å². The van der Waals surface area contributed by atoms with Gasteiger partial charge in [0.05, 0.1) is 12.3 Å². The van der Waals surface area contributed by atoms with Crippen LogP contribution in [0.3, 0.4) is 0 Å². The second-order valence-electron chi connectivity index (χ2n) is 3.68. The summed E-state index contributed by atoms with van der Waals surface area (Å²) in [7, 11) is 1.52. The van der Waals surface area contributed by atoms with E-state index in [-0.39, 0.29) is 12.3 Å². The molecular weight excluding hydrogens is 254 g/mol. The second kappa shape index (κ2) is 5.74. The molecular formula is C11H13N3O3S. The molecule has 2 aromatic heterocycles. The first-order valence-electron chi connectivity index (χ1n) is 5.39. The van der Waals surface area contributed by atoms with Gasteiger partial charge in [0.25, 0.3) is 0 Å². The minimum absolute atomic E-state index is 0.0389. The Morgan fingerprint density at radius 2 is 2.44 bits per heavy atom. The lowest BCUT2D eigenvalue weighted by molar-refractivity contribution is 0.0684. The Bertz CT molecular complexity index is 522. The van der Waals surface area contributed by atoms with Gasteiger partial charge in [-0.25, -0.2) is 9.48 Å². The third-order valence-electron chi connectivity index (χ3n) is 2.47. The minimum Gasteiger partial charge on any atom is -0.476 e. The molecule has 0 aliphatic carbocycles. The summed E-state index contributed by atoms with van der Waals surface area (Å²) in [5.74, 6) is -1.08. The summed E-state index contributed by atoms with van der Waals surface area (Å²) in [5.41, 5.74) is 0.463. The molecule has 96 valence electrons. The van der Waals surface area contributed by atoms with Crippen LogP contribution < -0.4 is 0 Å². The largest absolute Gasteiger partial charge is 0.476 e. The van der Waals surface area contributed by atoms with Gasteiger partial charge in [0.2, 0.25) is 0 Å². The van der Waals surface area contributed by atoms with Crippen LogP contribution in [0.5, 0.6) is 0 Å². The Morgan fingerprint density at radius 1 is 1.61 bits per heavy atom. The van der Waals surface area contributed by atoms with E-state index in [1.54, 1.807) is 16.0 Å². The number of thiophene rings is 1. The predicted octanol–water partition coefficient (Wildman–Crippen LogP) is 1.43. The van der Waals surface area contributed by atoms with E-state index in [4.69, 9.17) is 9.84 Å². The topological polar surface area (TPSA) is 77.2 Å². The number of hydrogen-bond acceptors (Lipinski definition) is 5. The van der Waals surface area contributed by atoms with Gasteiger partial charge in [-0.15, -0.1) is 16.4 Å². The van der Waals surface area contributed by atoms with Crippen molar-refractivity contribution in [2.45, 2.75) is 19.6 Å². The van der Waals surface area contributed by atoms with Crippen LogP contribution in [-0.2, 0) is 24.3 Å². The van der Waals surface area contributed by atoms with E-state index in [9.17, 15) is 4.79 Å². The number of aromatic carboxylic acids is 1. The Balaban J connectivity index is 2.14. The predicted molar refractivity (Wildman–Crippen MR) is 65.7 cm³/mol. The van der Waals surface area contributed by atoms with Gasteiger partial charge in [-0.2, -0.15) is 0 Å². The van der Waals surface area contributed by atoms with Crippen molar-refractivity contribution in [3.63, 3.8) is 0 Å². The summed E-state index contributed by atoms with van der Waals surface area (Å²) in [6, 6.07) is 4.02. The first-order valence-corrected chi connectivity index (χ1v) is 6.27. The quantitative estimate of drug-likeness (QED) is 0.856. The lowest BCUT2D eigenvalue weighted by Gasteiger charge is -2.05. The fourth-order valence-corrected chi connectivity index (χ4v) is 2.33. The highest BCUT2D eigenvalue weighted by molar-refractivity contribution is 7.09. The molecule has 0 bridgehead atoms. The number of aromatic nitrogens is 3. The monoisotopic (exact) mass is 267 g/mol. The second-order valence-corrected chi connectivity index (χ2v) is 4.71. The standard InChI is InChI=1S/C11H13N3O3S/c1-17-7-9-10(11(15)16)12-13-14(9)5-4-8-3-2-6-18-8/h2-3,6H,4-5,7H2,1H3,(H,15,16). The Labute approximate surface area is 108 Å². The molecule has 0 aliphatic heterocycles. The average Bonchev–Trinajstić information content (AvgIpc) is 2.95. The molecule has 0 saturated heterocycles. The molecule has 2 heterocycles. The number of rotatable bonds is 6. The number of aryl methyl sites for hydroxylation is 2. The molecule has 0 amide bonds. The molecule has 0 atom stereocenters. The first-order chi connectivity index (χ1) is 8.72. The number of carboxylic acids is 1. The minimum atomic E-state index is -1.08. The third kappa shape index (κ3) is 2.74. The molecule has 7 heteroatoms. The zero-order valence-electron chi connectivity index (χ0n) is 9.87. The van der Waals surface area contributed by atoms with Gasteiger partial charge in [0.1, 0.15) is 0 Å². The normalized spacial score (nSPS) is 10.7. The third-order valence-corrected chi connectivity index (χ3v) is 3.41. The molecule has 0 radical (unpaired) electrons. The van der Waals surface area contributed by atoms with Crippen molar-refractivity contribution in [2.75, 3.05) is 7.11 Å². The van der Waals surface area contributed by atoms with Crippen LogP contribution in [0.2, 0.25) is 0 Å². The maximum atomic E-state index is 11.0. The summed E-state index contributed by atoms with van der Waals surface area (Å²) in [4.78, 5) is 12.2. The van der Waals surface area contributed by atoms with Crippen molar-refractivity contribution < 1.29 is 14.6 Å². The zero-order valence-corrected chi connectivity index (χ0v) is 10.7. The van der Waals surface area contributed by atoms with Crippen LogP contribution in [0.15, 0.2) is 17.5 Å². The number of carbonyl (C=O) groups is 1. The van der Waals surface area contributed by atoms with Crippen LogP contribution in [-0.4, -0.2) is 33.2 Å². The van der Waals surface area contributed by atoms with Crippen molar-refractivity contribution in [1.29, 1.82) is 0 Å². The number of hydrogen-bond donors (Lipinski definition) is 1. The van der Waals surface area contributed by atoms with Crippen molar-refractivity contribution >= 4 is 17.3 Å². The van der Waals surface area contributed by atoms with Crippen LogP contribution >= 0.6 is 11.3 Å². The van der Waals surface area contributed by atoms with Gasteiger partial charge in [-0.05, 0) is 11.4 Å². The molecule has 0 aliphatic rings. The molecule has 0 fully saturated rings. The van der Waals surface area contributed by atoms with Gasteiger partial charge in [-0.1, -0.05) is 11.3 Å². The fourth-order valence-electron chi connectivity index (χ4n) is 1.63. The van der Waals surface area contributed by atoms with Crippen LogP contribution in [0.1, 0.15) is 21.1 Å². The number of nitrogens with zero attached hydrogens (tertiary/aromatic N) is 3. The van der Waals surface area contributed by atoms with E-state index in [0.29, 0.717) is 12.2 Å². The molecule has 0 saturated carbocycles. The highest BCUT2D eigenvalue weighted by atomic mass is 32.1. The van der Waals surface area contributed by atoms with Crippen molar-refractivity contribution in [1.82, 2.24) is 15.0 Å². The highest BCUT2D eigenvalue weighted by Gasteiger charge is 2.18. The van der Waals surface area contributed by atoms with Gasteiger partial charge in [-0.3, -0.25) is 0 Å². The fraction of sp³-hybridized carbons (Fsp3) is 0.364.